The molecule has 23 heavy (non-hydrogen) atoms. The first-order valence-corrected chi connectivity index (χ1v) is 8.03. The van der Waals surface area contributed by atoms with E-state index in [0.29, 0.717) is 44.8 Å². The van der Waals surface area contributed by atoms with Crippen molar-refractivity contribution in [2.24, 2.45) is 0 Å². The second-order valence-corrected chi connectivity index (χ2v) is 6.24. The highest BCUT2D eigenvalue weighted by Gasteiger charge is 2.49. The van der Waals surface area contributed by atoms with Gasteiger partial charge in [-0.1, -0.05) is 0 Å². The van der Waals surface area contributed by atoms with E-state index in [1.165, 1.54) is 6.26 Å². The first-order valence-electron chi connectivity index (χ1n) is 8.03. The van der Waals surface area contributed by atoms with Crippen LogP contribution in [0.5, 0.6) is 0 Å². The first-order chi connectivity index (χ1) is 11.1. The summed E-state index contributed by atoms with van der Waals surface area (Å²) in [6, 6.07) is 3.36. The Morgan fingerprint density at radius 3 is 2.65 bits per heavy atom. The van der Waals surface area contributed by atoms with Crippen LogP contribution in [0.2, 0.25) is 0 Å². The van der Waals surface area contributed by atoms with Crippen LogP contribution in [0, 0.1) is 0 Å². The molecule has 7 heteroatoms. The number of rotatable bonds is 3. The number of likely N-dealkylation sites (N-methyl/N-ethyl adjacent to an activating group) is 1. The van der Waals surface area contributed by atoms with Crippen molar-refractivity contribution >= 4 is 11.8 Å². The van der Waals surface area contributed by atoms with Gasteiger partial charge in [-0.15, -0.1) is 0 Å². The summed E-state index contributed by atoms with van der Waals surface area (Å²) < 4.78 is 5.17. The molecule has 0 unspecified atom stereocenters. The van der Waals surface area contributed by atoms with E-state index in [1.807, 2.05) is 7.05 Å². The number of carbonyl (C=O) groups is 2. The van der Waals surface area contributed by atoms with Crippen LogP contribution in [-0.4, -0.2) is 83.5 Å². The van der Waals surface area contributed by atoms with Gasteiger partial charge in [0, 0.05) is 32.7 Å². The lowest BCUT2D eigenvalue weighted by Gasteiger charge is -2.51. The molecule has 2 saturated heterocycles. The molecule has 0 radical (unpaired) electrons. The molecule has 0 aliphatic carbocycles. The number of amides is 2. The van der Waals surface area contributed by atoms with E-state index in [4.69, 9.17) is 9.52 Å². The van der Waals surface area contributed by atoms with Gasteiger partial charge in [-0.3, -0.25) is 14.5 Å². The van der Waals surface area contributed by atoms with Gasteiger partial charge in [0.05, 0.1) is 12.9 Å². The molecule has 2 aliphatic heterocycles. The van der Waals surface area contributed by atoms with Crippen molar-refractivity contribution < 1.29 is 19.1 Å². The van der Waals surface area contributed by atoms with Crippen LogP contribution in [0.25, 0.3) is 0 Å². The van der Waals surface area contributed by atoms with E-state index in [9.17, 15) is 9.59 Å². The third-order valence-electron chi connectivity index (χ3n) is 5.10. The van der Waals surface area contributed by atoms with Gasteiger partial charge in [-0.25, -0.2) is 0 Å². The van der Waals surface area contributed by atoms with Gasteiger partial charge >= 0.3 is 0 Å². The van der Waals surface area contributed by atoms with Crippen LogP contribution >= 0.6 is 0 Å². The highest BCUT2D eigenvalue weighted by Crippen LogP contribution is 2.33. The number of piperazine rings is 1. The lowest BCUT2D eigenvalue weighted by atomic mass is 9.82. The Labute approximate surface area is 135 Å². The number of aliphatic hydroxyl groups excluding tert-OH is 1. The molecule has 0 aromatic carbocycles. The molecule has 0 bridgehead atoms. The van der Waals surface area contributed by atoms with Crippen molar-refractivity contribution in [3.8, 4) is 0 Å². The van der Waals surface area contributed by atoms with E-state index in [-0.39, 0.29) is 18.4 Å². The van der Waals surface area contributed by atoms with Crippen LogP contribution in [0.15, 0.2) is 22.8 Å². The Kier molecular flexibility index (Phi) is 4.41. The average molecular weight is 321 g/mol. The Morgan fingerprint density at radius 1 is 1.30 bits per heavy atom. The standard InChI is InChI=1S/C16H23N3O4/c1-17-8-9-19(10-11-20)15(22)16(17)4-6-18(7-5-16)14(21)13-3-2-12-23-13/h2-3,12,20H,4-11H2,1H3. The predicted octanol–water partition coefficient (Wildman–Crippen LogP) is 0.0207. The number of furan rings is 1. The number of aliphatic hydroxyl groups is 1. The van der Waals surface area contributed by atoms with Gasteiger partial charge in [0.1, 0.15) is 5.54 Å². The third-order valence-corrected chi connectivity index (χ3v) is 5.10. The number of β-amino-alcohol motifs (C(OH)–C–C–N with tert-alkyl or cyclic N) is 1. The van der Waals surface area contributed by atoms with Crippen molar-refractivity contribution in [3.63, 3.8) is 0 Å². The predicted molar refractivity (Wildman–Crippen MR) is 82.9 cm³/mol. The average Bonchev–Trinajstić information content (AvgIpc) is 3.10. The van der Waals surface area contributed by atoms with Gasteiger partial charge in [-0.2, -0.15) is 0 Å². The quantitative estimate of drug-likeness (QED) is 0.849. The van der Waals surface area contributed by atoms with Crippen LogP contribution in [0.4, 0.5) is 0 Å². The lowest BCUT2D eigenvalue weighted by Crippen LogP contribution is -2.68. The fourth-order valence-corrected chi connectivity index (χ4v) is 3.61. The molecule has 3 rings (SSSR count). The van der Waals surface area contributed by atoms with E-state index in [2.05, 4.69) is 4.90 Å². The highest BCUT2D eigenvalue weighted by molar-refractivity contribution is 5.92. The Balaban J connectivity index is 1.70. The molecule has 2 fully saturated rings. The summed E-state index contributed by atoms with van der Waals surface area (Å²) in [6.45, 7) is 2.85. The number of nitrogens with zero attached hydrogens (tertiary/aromatic N) is 3. The number of likely N-dealkylation sites (tertiary alicyclic amines) is 1. The normalized spacial score (nSPS) is 21.9. The first kappa shape index (κ1) is 16.0. The minimum atomic E-state index is -0.548. The molecular weight excluding hydrogens is 298 g/mol. The smallest absolute Gasteiger partial charge is 0.289 e. The zero-order valence-electron chi connectivity index (χ0n) is 13.4. The molecule has 2 amide bonds. The second kappa shape index (κ2) is 6.33. The Bertz CT molecular complexity index is 564. The van der Waals surface area contributed by atoms with E-state index < -0.39 is 5.54 Å². The second-order valence-electron chi connectivity index (χ2n) is 6.24. The molecule has 1 aromatic heterocycles. The van der Waals surface area contributed by atoms with Gasteiger partial charge < -0.3 is 19.3 Å². The number of hydrogen-bond acceptors (Lipinski definition) is 5. The number of hydrogen-bond donors (Lipinski definition) is 1. The lowest BCUT2D eigenvalue weighted by molar-refractivity contribution is -0.154. The van der Waals surface area contributed by atoms with Crippen LogP contribution < -0.4 is 0 Å². The van der Waals surface area contributed by atoms with Crippen molar-refractivity contribution in [2.75, 3.05) is 46.4 Å². The van der Waals surface area contributed by atoms with Crippen LogP contribution in [-0.2, 0) is 4.79 Å². The van der Waals surface area contributed by atoms with Gasteiger partial charge in [0.25, 0.3) is 5.91 Å². The van der Waals surface area contributed by atoms with Crippen LogP contribution in [0.3, 0.4) is 0 Å². The maximum absolute atomic E-state index is 12.9. The van der Waals surface area contributed by atoms with E-state index >= 15 is 0 Å². The zero-order chi connectivity index (χ0) is 16.4. The zero-order valence-corrected chi connectivity index (χ0v) is 13.4. The fraction of sp³-hybridized carbons (Fsp3) is 0.625. The molecular formula is C16H23N3O4. The molecule has 0 atom stereocenters. The Morgan fingerprint density at radius 2 is 2.04 bits per heavy atom. The molecule has 1 spiro atoms. The Hall–Kier alpha value is -1.86. The van der Waals surface area contributed by atoms with Crippen LogP contribution in [0.1, 0.15) is 23.4 Å². The molecule has 1 N–H and O–H groups in total. The van der Waals surface area contributed by atoms with Gasteiger partial charge in [0.2, 0.25) is 5.91 Å². The summed E-state index contributed by atoms with van der Waals surface area (Å²) in [4.78, 5) is 30.8. The SMILES string of the molecule is CN1CCN(CCO)C(=O)C12CCN(C(=O)c1ccco1)CC2. The molecule has 126 valence electrons. The molecule has 7 nitrogen and oxygen atoms in total. The van der Waals surface area contributed by atoms with Crippen molar-refractivity contribution in [3.05, 3.63) is 24.2 Å². The molecule has 0 saturated carbocycles. The van der Waals surface area contributed by atoms with Crippen molar-refractivity contribution in [1.29, 1.82) is 0 Å². The minimum Gasteiger partial charge on any atom is -0.459 e. The summed E-state index contributed by atoms with van der Waals surface area (Å²) >= 11 is 0. The topological polar surface area (TPSA) is 77.2 Å². The summed E-state index contributed by atoms with van der Waals surface area (Å²) in [6.07, 6.45) is 2.71. The maximum Gasteiger partial charge on any atom is 0.289 e. The monoisotopic (exact) mass is 321 g/mol. The number of carbonyl (C=O) groups excluding carboxylic acids is 2. The van der Waals surface area contributed by atoms with E-state index in [1.54, 1.807) is 21.9 Å². The molecule has 2 aliphatic rings. The molecule has 3 heterocycles. The largest absolute Gasteiger partial charge is 0.459 e. The summed E-state index contributed by atoms with van der Waals surface area (Å²) in [5.74, 6) is 0.291. The highest BCUT2D eigenvalue weighted by atomic mass is 16.3. The maximum atomic E-state index is 12.9. The minimum absolute atomic E-state index is 0.0192. The van der Waals surface area contributed by atoms with Crippen molar-refractivity contribution in [2.45, 2.75) is 18.4 Å². The molecule has 1 aromatic rings. The van der Waals surface area contributed by atoms with Gasteiger partial charge in [0.15, 0.2) is 5.76 Å². The summed E-state index contributed by atoms with van der Waals surface area (Å²) in [5.41, 5.74) is -0.548. The summed E-state index contributed by atoms with van der Waals surface area (Å²) in [7, 11) is 1.97. The van der Waals surface area contributed by atoms with Crippen molar-refractivity contribution in [1.82, 2.24) is 14.7 Å². The fourth-order valence-electron chi connectivity index (χ4n) is 3.61. The third kappa shape index (κ3) is 2.74. The van der Waals surface area contributed by atoms with Gasteiger partial charge in [-0.05, 0) is 32.0 Å². The van der Waals surface area contributed by atoms with E-state index in [0.717, 1.165) is 6.54 Å². The number of piperidine rings is 1. The summed E-state index contributed by atoms with van der Waals surface area (Å²) in [5, 5.41) is 9.14.